The van der Waals surface area contributed by atoms with Crippen LogP contribution in [0.2, 0.25) is 0 Å². The van der Waals surface area contributed by atoms with Crippen molar-refractivity contribution in [2.45, 2.75) is 32.2 Å². The molecule has 1 aromatic heterocycles. The van der Waals surface area contributed by atoms with Gasteiger partial charge >= 0.3 is 5.97 Å². The Morgan fingerprint density at radius 1 is 1.73 bits per heavy atom. The van der Waals surface area contributed by atoms with Crippen LogP contribution in [0.4, 0.5) is 5.13 Å². The standard InChI is InChI=1S/C10H14N2O2S/c1-6(7-3-2-4-7)11-10-12-8(5-15-10)9(13)14/h5-7H,2-4H2,1H3,(H,11,12)(H,13,14). The lowest BCUT2D eigenvalue weighted by atomic mass is 9.80. The third kappa shape index (κ3) is 2.28. The smallest absolute Gasteiger partial charge is 0.355 e. The van der Waals surface area contributed by atoms with Crippen molar-refractivity contribution in [2.75, 3.05) is 5.32 Å². The highest BCUT2D eigenvalue weighted by atomic mass is 32.1. The van der Waals surface area contributed by atoms with Crippen LogP contribution in [-0.4, -0.2) is 22.1 Å². The van der Waals surface area contributed by atoms with E-state index in [1.807, 2.05) is 0 Å². The molecule has 1 aromatic rings. The van der Waals surface area contributed by atoms with Gasteiger partial charge in [-0.05, 0) is 25.7 Å². The molecule has 2 N–H and O–H groups in total. The zero-order valence-electron chi connectivity index (χ0n) is 8.56. The third-order valence-electron chi connectivity index (χ3n) is 2.93. The summed E-state index contributed by atoms with van der Waals surface area (Å²) >= 11 is 1.36. The summed E-state index contributed by atoms with van der Waals surface area (Å²) in [6.45, 7) is 2.13. The molecule has 1 heterocycles. The second-order valence-electron chi connectivity index (χ2n) is 3.97. The lowest BCUT2D eigenvalue weighted by Crippen LogP contribution is -2.30. The van der Waals surface area contributed by atoms with Crippen LogP contribution in [0.25, 0.3) is 0 Å². The molecule has 0 bridgehead atoms. The van der Waals surface area contributed by atoms with Gasteiger partial charge in [-0.3, -0.25) is 0 Å². The Balaban J connectivity index is 1.94. The number of anilines is 1. The molecule has 1 fully saturated rings. The number of thiazole rings is 1. The van der Waals surface area contributed by atoms with Gasteiger partial charge in [0.25, 0.3) is 0 Å². The minimum atomic E-state index is -0.962. The van der Waals surface area contributed by atoms with E-state index in [0.717, 1.165) is 5.92 Å². The van der Waals surface area contributed by atoms with Gasteiger partial charge in [-0.1, -0.05) is 6.42 Å². The van der Waals surface area contributed by atoms with Crippen molar-refractivity contribution in [2.24, 2.45) is 5.92 Å². The Morgan fingerprint density at radius 2 is 2.47 bits per heavy atom. The zero-order valence-corrected chi connectivity index (χ0v) is 9.38. The topological polar surface area (TPSA) is 62.2 Å². The summed E-state index contributed by atoms with van der Waals surface area (Å²) in [5, 5.41) is 14.3. The number of hydrogen-bond acceptors (Lipinski definition) is 4. The van der Waals surface area contributed by atoms with E-state index < -0.39 is 5.97 Å². The van der Waals surface area contributed by atoms with E-state index in [0.29, 0.717) is 11.2 Å². The van der Waals surface area contributed by atoms with E-state index in [1.165, 1.54) is 30.6 Å². The summed E-state index contributed by atoms with van der Waals surface area (Å²) in [6.07, 6.45) is 3.85. The highest BCUT2D eigenvalue weighted by Gasteiger charge is 2.24. The average Bonchev–Trinajstić information content (AvgIpc) is 2.48. The second-order valence-corrected chi connectivity index (χ2v) is 4.83. The van der Waals surface area contributed by atoms with Gasteiger partial charge in [-0.15, -0.1) is 11.3 Å². The van der Waals surface area contributed by atoms with Crippen molar-refractivity contribution in [1.82, 2.24) is 4.98 Å². The Bertz CT molecular complexity index is 360. The highest BCUT2D eigenvalue weighted by molar-refractivity contribution is 7.13. The maximum Gasteiger partial charge on any atom is 0.355 e. The number of carboxylic acids is 1. The van der Waals surface area contributed by atoms with Gasteiger partial charge in [0.1, 0.15) is 0 Å². The van der Waals surface area contributed by atoms with E-state index in [9.17, 15) is 4.79 Å². The first-order valence-electron chi connectivity index (χ1n) is 5.12. The van der Waals surface area contributed by atoms with E-state index in [-0.39, 0.29) is 5.69 Å². The van der Waals surface area contributed by atoms with Gasteiger partial charge in [0, 0.05) is 11.4 Å². The van der Waals surface area contributed by atoms with Crippen LogP contribution >= 0.6 is 11.3 Å². The molecule has 0 amide bonds. The lowest BCUT2D eigenvalue weighted by Gasteiger charge is -2.31. The average molecular weight is 226 g/mol. The molecular weight excluding hydrogens is 212 g/mol. The van der Waals surface area contributed by atoms with Gasteiger partial charge in [0.05, 0.1) is 0 Å². The normalized spacial score (nSPS) is 18.2. The molecule has 1 aliphatic carbocycles. The molecule has 0 saturated heterocycles. The number of aromatic carboxylic acids is 1. The molecule has 5 heteroatoms. The molecule has 1 aliphatic rings. The monoisotopic (exact) mass is 226 g/mol. The molecule has 1 atom stereocenters. The Morgan fingerprint density at radius 3 is 2.93 bits per heavy atom. The largest absolute Gasteiger partial charge is 0.476 e. The number of aromatic nitrogens is 1. The first-order chi connectivity index (χ1) is 7.16. The van der Waals surface area contributed by atoms with Gasteiger partial charge in [0.15, 0.2) is 10.8 Å². The molecule has 4 nitrogen and oxygen atoms in total. The van der Waals surface area contributed by atoms with Crippen LogP contribution in [-0.2, 0) is 0 Å². The number of hydrogen-bond donors (Lipinski definition) is 2. The van der Waals surface area contributed by atoms with Gasteiger partial charge in [0.2, 0.25) is 0 Å². The molecule has 1 unspecified atom stereocenters. The van der Waals surface area contributed by atoms with Crippen molar-refractivity contribution < 1.29 is 9.90 Å². The molecule has 82 valence electrons. The number of nitrogens with one attached hydrogen (secondary N) is 1. The van der Waals surface area contributed by atoms with Crippen LogP contribution < -0.4 is 5.32 Å². The van der Waals surface area contributed by atoms with E-state index in [4.69, 9.17) is 5.11 Å². The summed E-state index contributed by atoms with van der Waals surface area (Å²) < 4.78 is 0. The maximum atomic E-state index is 10.6. The molecule has 0 spiro atoms. The number of nitrogens with zero attached hydrogens (tertiary/aromatic N) is 1. The molecule has 2 rings (SSSR count). The van der Waals surface area contributed by atoms with Crippen LogP contribution in [0.5, 0.6) is 0 Å². The highest BCUT2D eigenvalue weighted by Crippen LogP contribution is 2.31. The molecule has 0 aliphatic heterocycles. The van der Waals surface area contributed by atoms with Crippen LogP contribution in [0, 0.1) is 5.92 Å². The van der Waals surface area contributed by atoms with E-state index in [2.05, 4.69) is 17.2 Å². The fourth-order valence-electron chi connectivity index (χ4n) is 1.69. The number of carbonyl (C=O) groups is 1. The minimum Gasteiger partial charge on any atom is -0.476 e. The van der Waals surface area contributed by atoms with Crippen molar-refractivity contribution in [3.8, 4) is 0 Å². The van der Waals surface area contributed by atoms with Gasteiger partial charge in [-0.2, -0.15) is 0 Å². The Labute approximate surface area is 92.3 Å². The summed E-state index contributed by atoms with van der Waals surface area (Å²) in [5.41, 5.74) is 0.128. The molecule has 0 aromatic carbocycles. The fourth-order valence-corrected chi connectivity index (χ4v) is 2.47. The fraction of sp³-hybridized carbons (Fsp3) is 0.600. The maximum absolute atomic E-state index is 10.6. The van der Waals surface area contributed by atoms with Crippen LogP contribution in [0.3, 0.4) is 0 Å². The lowest BCUT2D eigenvalue weighted by molar-refractivity contribution is 0.0691. The molecule has 1 saturated carbocycles. The predicted octanol–water partition coefficient (Wildman–Crippen LogP) is 2.44. The van der Waals surface area contributed by atoms with E-state index >= 15 is 0 Å². The molecule has 0 radical (unpaired) electrons. The SMILES string of the molecule is CC(Nc1nc(C(=O)O)cs1)C1CCC1. The van der Waals surface area contributed by atoms with Crippen molar-refractivity contribution in [1.29, 1.82) is 0 Å². The second kappa shape index (κ2) is 4.18. The minimum absolute atomic E-state index is 0.128. The van der Waals surface area contributed by atoms with Crippen LogP contribution in [0.1, 0.15) is 36.7 Å². The van der Waals surface area contributed by atoms with Crippen LogP contribution in [0.15, 0.2) is 5.38 Å². The zero-order chi connectivity index (χ0) is 10.8. The Kier molecular flexibility index (Phi) is 2.90. The predicted molar refractivity (Wildman–Crippen MR) is 59.5 cm³/mol. The van der Waals surface area contributed by atoms with Crippen molar-refractivity contribution in [3.05, 3.63) is 11.1 Å². The number of carboxylic acid groups (broad SMARTS) is 1. The summed E-state index contributed by atoms with van der Waals surface area (Å²) in [5.74, 6) is -0.238. The summed E-state index contributed by atoms with van der Waals surface area (Å²) in [7, 11) is 0. The van der Waals surface area contributed by atoms with Gasteiger partial charge < -0.3 is 10.4 Å². The van der Waals surface area contributed by atoms with Crippen molar-refractivity contribution in [3.63, 3.8) is 0 Å². The third-order valence-corrected chi connectivity index (χ3v) is 3.70. The number of rotatable bonds is 4. The first-order valence-corrected chi connectivity index (χ1v) is 6.00. The van der Waals surface area contributed by atoms with E-state index in [1.54, 1.807) is 5.38 Å². The molecular formula is C10H14N2O2S. The van der Waals surface area contributed by atoms with Gasteiger partial charge in [-0.25, -0.2) is 9.78 Å². The summed E-state index contributed by atoms with van der Waals surface area (Å²) in [6, 6.07) is 0.395. The quantitative estimate of drug-likeness (QED) is 0.827. The summed E-state index contributed by atoms with van der Waals surface area (Å²) in [4.78, 5) is 14.6. The Hall–Kier alpha value is -1.10. The molecule has 15 heavy (non-hydrogen) atoms. The first kappa shape index (κ1) is 10.4. The van der Waals surface area contributed by atoms with Crippen molar-refractivity contribution >= 4 is 22.4 Å².